The summed E-state index contributed by atoms with van der Waals surface area (Å²) in [4.78, 5) is 30.2. The van der Waals surface area contributed by atoms with Crippen molar-refractivity contribution >= 4 is 42.3 Å². The van der Waals surface area contributed by atoms with Crippen molar-refractivity contribution in [1.29, 1.82) is 0 Å². The number of furan rings is 1. The first-order valence-corrected chi connectivity index (χ1v) is 10.5. The van der Waals surface area contributed by atoms with Gasteiger partial charge in [0, 0.05) is 23.6 Å². The molecular formula is C22H30Cl2N4O4. The molecule has 0 bridgehead atoms. The number of amides is 2. The van der Waals surface area contributed by atoms with Crippen LogP contribution in [-0.2, 0) is 6.42 Å². The molecule has 0 spiro atoms. The lowest BCUT2D eigenvalue weighted by atomic mass is 9.91. The van der Waals surface area contributed by atoms with Gasteiger partial charge >= 0.3 is 0 Å². The van der Waals surface area contributed by atoms with Crippen LogP contribution in [0.4, 0.5) is 5.69 Å². The average molecular weight is 485 g/mol. The maximum absolute atomic E-state index is 13.0. The van der Waals surface area contributed by atoms with Gasteiger partial charge in [-0.15, -0.1) is 24.8 Å². The standard InChI is InChI=1S/C22H28N4O4.2ClH/c1-4-29-21-16(6-5-15(25-21)13-7-9-23-10-8-13)24-19(27)14-12-30-17-11-22(2,3)26-20(28)18(14)17;;/h5-6,12-13,23H,4,7-11H2,1-3H3,(H,24,27)(H,26,28);2*1H. The number of anilines is 1. The third kappa shape index (κ3) is 5.36. The van der Waals surface area contributed by atoms with Crippen molar-refractivity contribution in [1.82, 2.24) is 15.6 Å². The largest absolute Gasteiger partial charge is 0.476 e. The van der Waals surface area contributed by atoms with E-state index in [0.717, 1.165) is 31.6 Å². The normalized spacial score (nSPS) is 17.3. The number of piperidine rings is 1. The van der Waals surface area contributed by atoms with Crippen molar-refractivity contribution in [2.45, 2.75) is 51.5 Å². The number of rotatable bonds is 5. The summed E-state index contributed by atoms with van der Waals surface area (Å²) in [6.45, 7) is 8.09. The van der Waals surface area contributed by atoms with Crippen LogP contribution in [0.5, 0.6) is 5.88 Å². The summed E-state index contributed by atoms with van der Waals surface area (Å²) in [6.07, 6.45) is 3.92. The van der Waals surface area contributed by atoms with Gasteiger partial charge in [-0.05, 0) is 58.8 Å². The molecule has 0 aromatic carbocycles. The molecule has 2 aromatic rings. The van der Waals surface area contributed by atoms with Crippen molar-refractivity contribution in [3.63, 3.8) is 0 Å². The topological polar surface area (TPSA) is 105 Å². The fourth-order valence-electron chi connectivity index (χ4n) is 4.09. The van der Waals surface area contributed by atoms with E-state index in [1.165, 1.54) is 6.26 Å². The molecule has 176 valence electrons. The number of nitrogens with one attached hydrogen (secondary N) is 3. The van der Waals surface area contributed by atoms with Crippen LogP contribution in [0.25, 0.3) is 0 Å². The van der Waals surface area contributed by atoms with E-state index >= 15 is 0 Å². The molecule has 2 amide bonds. The molecule has 1 saturated heterocycles. The summed E-state index contributed by atoms with van der Waals surface area (Å²) in [6, 6.07) is 3.76. The fourth-order valence-corrected chi connectivity index (χ4v) is 4.09. The quantitative estimate of drug-likeness (QED) is 0.597. The molecule has 3 N–H and O–H groups in total. The van der Waals surface area contributed by atoms with Gasteiger partial charge < -0.3 is 25.1 Å². The van der Waals surface area contributed by atoms with Crippen LogP contribution in [-0.4, -0.2) is 42.0 Å². The third-order valence-electron chi connectivity index (χ3n) is 5.56. The van der Waals surface area contributed by atoms with E-state index in [1.54, 1.807) is 0 Å². The summed E-state index contributed by atoms with van der Waals surface area (Å²) in [7, 11) is 0. The number of ether oxygens (including phenoxy) is 1. The van der Waals surface area contributed by atoms with Crippen molar-refractivity contribution < 1.29 is 18.7 Å². The van der Waals surface area contributed by atoms with Gasteiger partial charge in [-0.1, -0.05) is 0 Å². The van der Waals surface area contributed by atoms with Crippen LogP contribution >= 0.6 is 24.8 Å². The van der Waals surface area contributed by atoms with E-state index in [9.17, 15) is 9.59 Å². The zero-order chi connectivity index (χ0) is 21.3. The monoisotopic (exact) mass is 484 g/mol. The summed E-state index contributed by atoms with van der Waals surface area (Å²) in [5.41, 5.74) is 1.55. The lowest BCUT2D eigenvalue weighted by Crippen LogP contribution is -2.49. The van der Waals surface area contributed by atoms with Gasteiger partial charge in [0.2, 0.25) is 5.88 Å². The summed E-state index contributed by atoms with van der Waals surface area (Å²) in [5.74, 6) is 0.572. The Bertz CT molecular complexity index is 971. The van der Waals surface area contributed by atoms with E-state index < -0.39 is 11.4 Å². The SMILES string of the molecule is CCOc1nc(C2CCNCC2)ccc1NC(=O)c1coc2c1C(=O)NC(C)(C)C2.Cl.Cl. The second kappa shape index (κ2) is 10.6. The molecule has 2 aromatic heterocycles. The van der Waals surface area contributed by atoms with Gasteiger partial charge in [0.1, 0.15) is 17.7 Å². The second-order valence-electron chi connectivity index (χ2n) is 8.46. The molecule has 1 fully saturated rings. The number of hydrogen-bond acceptors (Lipinski definition) is 6. The first-order chi connectivity index (χ1) is 14.4. The van der Waals surface area contributed by atoms with Crippen LogP contribution in [0.1, 0.15) is 71.7 Å². The zero-order valence-corrected chi connectivity index (χ0v) is 20.1. The maximum Gasteiger partial charge on any atom is 0.259 e. The molecule has 0 saturated carbocycles. The molecular weight excluding hydrogens is 455 g/mol. The maximum atomic E-state index is 13.0. The Morgan fingerprint density at radius 3 is 2.69 bits per heavy atom. The molecule has 0 unspecified atom stereocenters. The van der Waals surface area contributed by atoms with Crippen molar-refractivity contribution in [3.05, 3.63) is 41.0 Å². The number of nitrogens with zero attached hydrogens (tertiary/aromatic N) is 1. The Morgan fingerprint density at radius 1 is 1.28 bits per heavy atom. The Morgan fingerprint density at radius 2 is 2.00 bits per heavy atom. The summed E-state index contributed by atoms with van der Waals surface area (Å²) < 4.78 is 11.3. The molecule has 8 nitrogen and oxygen atoms in total. The predicted molar refractivity (Wildman–Crippen MR) is 127 cm³/mol. The molecule has 0 aliphatic carbocycles. The highest BCUT2D eigenvalue weighted by molar-refractivity contribution is 6.13. The molecule has 10 heteroatoms. The predicted octanol–water partition coefficient (Wildman–Crippen LogP) is 3.70. The van der Waals surface area contributed by atoms with Gasteiger partial charge in [0.15, 0.2) is 0 Å². The molecule has 0 radical (unpaired) electrons. The number of carbonyl (C=O) groups is 2. The number of carbonyl (C=O) groups excluding carboxylic acids is 2. The molecule has 32 heavy (non-hydrogen) atoms. The van der Waals surface area contributed by atoms with Crippen molar-refractivity contribution in [3.8, 4) is 5.88 Å². The molecule has 0 atom stereocenters. The van der Waals surface area contributed by atoms with Crippen molar-refractivity contribution in [2.24, 2.45) is 0 Å². The van der Waals surface area contributed by atoms with Gasteiger partial charge in [-0.3, -0.25) is 9.59 Å². The minimum Gasteiger partial charge on any atom is -0.476 e. The lowest BCUT2D eigenvalue weighted by molar-refractivity contribution is 0.0882. The van der Waals surface area contributed by atoms with Crippen LogP contribution in [0.3, 0.4) is 0 Å². The Balaban J connectivity index is 0.00000181. The molecule has 2 aliphatic heterocycles. The minimum absolute atomic E-state index is 0. The van der Waals surface area contributed by atoms with Gasteiger partial charge in [0.05, 0.1) is 17.7 Å². The Kier molecular flexibility index (Phi) is 8.56. The second-order valence-corrected chi connectivity index (χ2v) is 8.46. The third-order valence-corrected chi connectivity index (χ3v) is 5.56. The highest BCUT2D eigenvalue weighted by atomic mass is 35.5. The number of pyridine rings is 1. The summed E-state index contributed by atoms with van der Waals surface area (Å²) in [5, 5.41) is 9.11. The number of hydrogen-bond donors (Lipinski definition) is 3. The fraction of sp³-hybridized carbons (Fsp3) is 0.500. The van der Waals surface area contributed by atoms with Gasteiger partial charge in [-0.25, -0.2) is 4.98 Å². The van der Waals surface area contributed by atoms with Crippen LogP contribution < -0.4 is 20.7 Å². The lowest BCUT2D eigenvalue weighted by Gasteiger charge is -2.29. The van der Waals surface area contributed by atoms with Crippen LogP contribution in [0, 0.1) is 0 Å². The summed E-state index contributed by atoms with van der Waals surface area (Å²) >= 11 is 0. The van der Waals surface area contributed by atoms with Crippen LogP contribution in [0.15, 0.2) is 22.8 Å². The van der Waals surface area contributed by atoms with E-state index in [0.29, 0.717) is 41.8 Å². The van der Waals surface area contributed by atoms with E-state index in [-0.39, 0.29) is 36.3 Å². The Hall–Kier alpha value is -2.29. The number of fused-ring (bicyclic) bond motifs is 1. The van der Waals surface area contributed by atoms with E-state index in [4.69, 9.17) is 9.15 Å². The smallest absolute Gasteiger partial charge is 0.259 e. The van der Waals surface area contributed by atoms with Gasteiger partial charge in [-0.2, -0.15) is 0 Å². The first kappa shape index (κ1) is 26.0. The Labute approximate surface area is 200 Å². The van der Waals surface area contributed by atoms with Crippen LogP contribution in [0.2, 0.25) is 0 Å². The number of halogens is 2. The number of aromatic nitrogens is 1. The average Bonchev–Trinajstić information content (AvgIpc) is 3.13. The minimum atomic E-state index is -0.424. The first-order valence-electron chi connectivity index (χ1n) is 10.5. The van der Waals surface area contributed by atoms with Crippen molar-refractivity contribution in [2.75, 3.05) is 25.0 Å². The van der Waals surface area contributed by atoms with E-state index in [1.807, 2.05) is 32.9 Å². The molecule has 4 heterocycles. The highest BCUT2D eigenvalue weighted by Gasteiger charge is 2.36. The van der Waals surface area contributed by atoms with Gasteiger partial charge in [0.25, 0.3) is 11.8 Å². The zero-order valence-electron chi connectivity index (χ0n) is 18.4. The molecule has 4 rings (SSSR count). The van der Waals surface area contributed by atoms with E-state index in [2.05, 4.69) is 20.9 Å². The highest BCUT2D eigenvalue weighted by Crippen LogP contribution is 2.31. The molecule has 2 aliphatic rings.